The minimum atomic E-state index is 0.351. The van der Waals surface area contributed by atoms with Crippen molar-refractivity contribution in [3.63, 3.8) is 0 Å². The molecule has 1 aliphatic heterocycles. The Bertz CT molecular complexity index is 843. The average molecular weight is 317 g/mol. The number of benzene rings is 2. The Morgan fingerprint density at radius 3 is 2.79 bits per heavy atom. The molecule has 0 N–H and O–H groups in total. The van der Waals surface area contributed by atoms with Crippen molar-refractivity contribution in [3.8, 4) is 6.07 Å². The first-order valence-corrected chi connectivity index (χ1v) is 8.39. The molecule has 3 aromatic rings. The maximum Gasteiger partial charge on any atom is 0.199 e. The highest BCUT2D eigenvalue weighted by molar-refractivity contribution is 5.72. The molecular weight excluding hydrogens is 298 g/mol. The number of hydrogen-bond donors (Lipinski definition) is 0. The van der Waals surface area contributed by atoms with Crippen LogP contribution in [0.1, 0.15) is 35.8 Å². The number of rotatable bonds is 3. The summed E-state index contributed by atoms with van der Waals surface area (Å²) < 4.78 is 5.96. The molecule has 0 unspecified atom stereocenters. The summed E-state index contributed by atoms with van der Waals surface area (Å²) in [5, 5.41) is 8.89. The van der Waals surface area contributed by atoms with Crippen molar-refractivity contribution in [1.82, 2.24) is 9.88 Å². The third kappa shape index (κ3) is 3.04. The number of likely N-dealkylation sites (tertiary alicyclic amines) is 1. The highest BCUT2D eigenvalue weighted by Gasteiger charge is 2.25. The van der Waals surface area contributed by atoms with Gasteiger partial charge in [-0.2, -0.15) is 5.26 Å². The van der Waals surface area contributed by atoms with E-state index in [4.69, 9.17) is 9.68 Å². The van der Waals surface area contributed by atoms with Crippen LogP contribution in [0.2, 0.25) is 0 Å². The van der Waals surface area contributed by atoms with Crippen LogP contribution >= 0.6 is 0 Å². The first kappa shape index (κ1) is 14.9. The van der Waals surface area contributed by atoms with E-state index in [1.54, 1.807) is 0 Å². The maximum absolute atomic E-state index is 8.89. The van der Waals surface area contributed by atoms with E-state index in [0.717, 1.165) is 49.5 Å². The van der Waals surface area contributed by atoms with E-state index in [0.29, 0.717) is 11.5 Å². The summed E-state index contributed by atoms with van der Waals surface area (Å²) in [4.78, 5) is 7.12. The van der Waals surface area contributed by atoms with Crippen LogP contribution in [0.15, 0.2) is 52.9 Å². The van der Waals surface area contributed by atoms with Crippen LogP contribution in [0.25, 0.3) is 11.1 Å². The fourth-order valence-corrected chi connectivity index (χ4v) is 3.41. The highest BCUT2D eigenvalue weighted by atomic mass is 16.3. The lowest BCUT2D eigenvalue weighted by Gasteiger charge is -2.31. The summed E-state index contributed by atoms with van der Waals surface area (Å²) in [6, 6.07) is 18.0. The average Bonchev–Trinajstić information content (AvgIpc) is 3.07. The first-order chi connectivity index (χ1) is 11.8. The molecule has 1 fully saturated rings. The number of para-hydroxylation sites is 2. The van der Waals surface area contributed by atoms with E-state index >= 15 is 0 Å². The van der Waals surface area contributed by atoms with E-state index in [-0.39, 0.29) is 0 Å². The second-order valence-corrected chi connectivity index (χ2v) is 6.40. The zero-order chi connectivity index (χ0) is 16.4. The van der Waals surface area contributed by atoms with Gasteiger partial charge in [0.2, 0.25) is 0 Å². The molecule has 24 heavy (non-hydrogen) atoms. The Labute approximate surface area is 141 Å². The van der Waals surface area contributed by atoms with Gasteiger partial charge >= 0.3 is 0 Å². The zero-order valence-electron chi connectivity index (χ0n) is 13.5. The van der Waals surface area contributed by atoms with Crippen LogP contribution in [0.3, 0.4) is 0 Å². The Morgan fingerprint density at radius 1 is 1.17 bits per heavy atom. The summed E-state index contributed by atoms with van der Waals surface area (Å²) in [6.45, 7) is 2.96. The number of oxazole rings is 1. The SMILES string of the molecule is N#Cc1ccc(CN2CCC[C@H](c3nc4ccccc4o3)C2)cc1. The Balaban J connectivity index is 1.47. The van der Waals surface area contributed by atoms with Gasteiger partial charge in [-0.25, -0.2) is 4.98 Å². The van der Waals surface area contributed by atoms with Crippen LogP contribution in [-0.4, -0.2) is 23.0 Å². The third-order valence-corrected chi connectivity index (χ3v) is 4.65. The molecule has 0 amide bonds. The largest absolute Gasteiger partial charge is 0.440 e. The van der Waals surface area contributed by atoms with Crippen molar-refractivity contribution < 1.29 is 4.42 Å². The molecule has 0 aliphatic carbocycles. The standard InChI is InChI=1S/C20H19N3O/c21-12-15-7-9-16(10-8-15)13-23-11-3-4-17(14-23)20-22-18-5-1-2-6-19(18)24-20/h1-2,5-10,17H,3-4,11,13-14H2/t17-/m0/s1. The summed E-state index contributed by atoms with van der Waals surface area (Å²) in [5.74, 6) is 1.21. The number of fused-ring (bicyclic) bond motifs is 1. The molecule has 4 heteroatoms. The summed E-state index contributed by atoms with van der Waals surface area (Å²) in [7, 11) is 0. The molecule has 4 rings (SSSR count). The number of nitriles is 1. The van der Waals surface area contributed by atoms with Gasteiger partial charge in [-0.15, -0.1) is 0 Å². The smallest absolute Gasteiger partial charge is 0.199 e. The predicted octanol–water partition coefficient (Wildman–Crippen LogP) is 4.08. The predicted molar refractivity (Wildman–Crippen MR) is 92.4 cm³/mol. The lowest BCUT2D eigenvalue weighted by atomic mass is 9.97. The third-order valence-electron chi connectivity index (χ3n) is 4.65. The van der Waals surface area contributed by atoms with E-state index < -0.39 is 0 Å². The van der Waals surface area contributed by atoms with Crippen LogP contribution in [0.4, 0.5) is 0 Å². The minimum absolute atomic E-state index is 0.351. The lowest BCUT2D eigenvalue weighted by Crippen LogP contribution is -2.34. The molecule has 120 valence electrons. The van der Waals surface area contributed by atoms with Gasteiger partial charge in [0.1, 0.15) is 5.52 Å². The minimum Gasteiger partial charge on any atom is -0.440 e. The van der Waals surface area contributed by atoms with Crippen molar-refractivity contribution in [2.24, 2.45) is 0 Å². The van der Waals surface area contributed by atoms with E-state index in [1.807, 2.05) is 48.5 Å². The summed E-state index contributed by atoms with van der Waals surface area (Å²) >= 11 is 0. The van der Waals surface area contributed by atoms with Crippen LogP contribution < -0.4 is 0 Å². The molecule has 0 bridgehead atoms. The Hall–Kier alpha value is -2.64. The summed E-state index contributed by atoms with van der Waals surface area (Å²) in [6.07, 6.45) is 2.27. The number of hydrogen-bond acceptors (Lipinski definition) is 4. The molecule has 1 saturated heterocycles. The zero-order valence-corrected chi connectivity index (χ0v) is 13.5. The van der Waals surface area contributed by atoms with E-state index in [1.165, 1.54) is 5.56 Å². The van der Waals surface area contributed by atoms with Crippen molar-refractivity contribution in [2.75, 3.05) is 13.1 Å². The second-order valence-electron chi connectivity index (χ2n) is 6.40. The van der Waals surface area contributed by atoms with Crippen molar-refractivity contribution in [2.45, 2.75) is 25.3 Å². The van der Waals surface area contributed by atoms with Gasteiger partial charge in [0.25, 0.3) is 0 Å². The normalized spacial score (nSPS) is 18.5. The van der Waals surface area contributed by atoms with E-state index in [9.17, 15) is 0 Å². The van der Waals surface area contributed by atoms with Crippen molar-refractivity contribution in [1.29, 1.82) is 5.26 Å². The van der Waals surface area contributed by atoms with Gasteiger partial charge in [0, 0.05) is 19.0 Å². The Kier molecular flexibility index (Phi) is 4.02. The Morgan fingerprint density at radius 2 is 2.00 bits per heavy atom. The van der Waals surface area contributed by atoms with Gasteiger partial charge in [-0.05, 0) is 49.2 Å². The van der Waals surface area contributed by atoms with Gasteiger partial charge in [0.05, 0.1) is 11.6 Å². The van der Waals surface area contributed by atoms with Gasteiger partial charge in [0.15, 0.2) is 11.5 Å². The highest BCUT2D eigenvalue weighted by Crippen LogP contribution is 2.29. The number of nitrogens with zero attached hydrogens (tertiary/aromatic N) is 3. The first-order valence-electron chi connectivity index (χ1n) is 8.39. The van der Waals surface area contributed by atoms with Gasteiger partial charge in [-0.3, -0.25) is 4.90 Å². The molecule has 0 saturated carbocycles. The lowest BCUT2D eigenvalue weighted by molar-refractivity contribution is 0.187. The van der Waals surface area contributed by atoms with Crippen molar-refractivity contribution >= 4 is 11.1 Å². The quantitative estimate of drug-likeness (QED) is 0.730. The molecule has 2 aromatic carbocycles. The van der Waals surface area contributed by atoms with Crippen LogP contribution in [0.5, 0.6) is 0 Å². The fraction of sp³-hybridized carbons (Fsp3) is 0.300. The van der Waals surface area contributed by atoms with E-state index in [2.05, 4.69) is 16.0 Å². The van der Waals surface area contributed by atoms with Crippen LogP contribution in [0, 0.1) is 11.3 Å². The molecule has 4 nitrogen and oxygen atoms in total. The molecule has 2 heterocycles. The molecular formula is C20H19N3O. The second kappa shape index (κ2) is 6.46. The monoisotopic (exact) mass is 317 g/mol. The number of aromatic nitrogens is 1. The molecule has 1 aliphatic rings. The molecule has 1 atom stereocenters. The maximum atomic E-state index is 8.89. The van der Waals surface area contributed by atoms with Crippen LogP contribution in [-0.2, 0) is 6.54 Å². The van der Waals surface area contributed by atoms with Gasteiger partial charge in [-0.1, -0.05) is 24.3 Å². The topological polar surface area (TPSA) is 53.1 Å². The molecule has 0 spiro atoms. The fourth-order valence-electron chi connectivity index (χ4n) is 3.41. The molecule has 0 radical (unpaired) electrons. The number of piperidine rings is 1. The molecule has 1 aromatic heterocycles. The van der Waals surface area contributed by atoms with Gasteiger partial charge < -0.3 is 4.42 Å². The summed E-state index contributed by atoms with van der Waals surface area (Å²) in [5.41, 5.74) is 3.77. The van der Waals surface area contributed by atoms with Crippen molar-refractivity contribution in [3.05, 3.63) is 65.5 Å².